The molecule has 0 saturated heterocycles. The molecule has 16 bridgehead atoms. The van der Waals surface area contributed by atoms with Crippen molar-refractivity contribution in [2.75, 3.05) is 0 Å². The van der Waals surface area contributed by atoms with E-state index in [2.05, 4.69) is 164 Å². The number of unbranched alkanes of at least 4 members (excludes halogenated alkanes) is 2. The molecule has 4 N–H and O–H groups in total. The summed E-state index contributed by atoms with van der Waals surface area (Å²) in [7, 11) is 0. The molecule has 7 aromatic rings. The third-order valence-corrected chi connectivity index (χ3v) is 17.3. The van der Waals surface area contributed by atoms with Gasteiger partial charge in [0, 0.05) is 65.7 Å². The Morgan fingerprint density at radius 1 is 0.276 bits per heavy atom. The third-order valence-electron chi connectivity index (χ3n) is 17.3. The second-order valence-corrected chi connectivity index (χ2v) is 21.5. The van der Waals surface area contributed by atoms with E-state index in [4.69, 9.17) is 19.9 Å². The lowest BCUT2D eigenvalue weighted by molar-refractivity contribution is 0.824. The number of H-pyrrole nitrogens is 4. The highest BCUT2D eigenvalue weighted by Gasteiger charge is 2.24. The molecule has 0 fully saturated rings. The fraction of sp³-hybridized carbons (Fsp3) is 0.382. The Bertz CT molecular complexity index is 3770. The van der Waals surface area contributed by atoms with E-state index in [1.165, 1.54) is 66.8 Å². The van der Waals surface area contributed by atoms with Crippen LogP contribution in [0.1, 0.15) is 215 Å². The summed E-state index contributed by atoms with van der Waals surface area (Å²) in [5.41, 5.74) is 33.0. The highest BCUT2D eigenvalue weighted by Crippen LogP contribution is 2.43. The zero-order valence-corrected chi connectivity index (χ0v) is 47.5. The molecule has 390 valence electrons. The van der Waals surface area contributed by atoms with Gasteiger partial charge in [0.15, 0.2) is 0 Å². The maximum atomic E-state index is 5.55. The van der Waals surface area contributed by atoms with Gasteiger partial charge >= 0.3 is 0 Å². The third kappa shape index (κ3) is 8.51. The van der Waals surface area contributed by atoms with Crippen molar-refractivity contribution in [2.24, 2.45) is 0 Å². The van der Waals surface area contributed by atoms with Crippen molar-refractivity contribution in [1.29, 1.82) is 0 Å². The van der Waals surface area contributed by atoms with Crippen LogP contribution < -0.4 is 0 Å². The lowest BCUT2D eigenvalue weighted by Gasteiger charge is -2.04. The number of nitrogens with one attached hydrogen (secondary N) is 4. The molecule has 0 atom stereocenters. The van der Waals surface area contributed by atoms with Crippen LogP contribution in [0.15, 0.2) is 60.7 Å². The summed E-state index contributed by atoms with van der Waals surface area (Å²) in [4.78, 5) is 38.1. The predicted octanol–water partition coefficient (Wildman–Crippen LogP) is 19.2. The highest BCUT2D eigenvalue weighted by atomic mass is 14.8. The van der Waals surface area contributed by atoms with Gasteiger partial charge in [-0.05, 0) is 218 Å². The normalized spacial score (nSPS) is 14.1. The van der Waals surface area contributed by atoms with Gasteiger partial charge in [0.1, 0.15) is 0 Å². The number of aromatic nitrogens is 8. The summed E-state index contributed by atoms with van der Waals surface area (Å²) in [5, 5.41) is 4.60. The number of hydrogen-bond acceptors (Lipinski definition) is 4. The Labute approximate surface area is 449 Å². The van der Waals surface area contributed by atoms with Gasteiger partial charge in [-0.1, -0.05) is 82.1 Å². The number of aromatic amines is 4. The topological polar surface area (TPSA) is 115 Å². The maximum absolute atomic E-state index is 5.55. The minimum absolute atomic E-state index is 0.892. The molecule has 4 aliphatic rings. The molecule has 0 amide bonds. The first kappa shape index (κ1) is 51.1. The number of benzene rings is 1. The van der Waals surface area contributed by atoms with Gasteiger partial charge in [0.05, 0.1) is 45.6 Å². The summed E-state index contributed by atoms with van der Waals surface area (Å²) in [5.74, 6) is 0. The van der Waals surface area contributed by atoms with Crippen molar-refractivity contribution in [3.8, 4) is 0 Å². The monoisotopic (exact) mass is 1010 g/mol. The molecule has 6 aromatic heterocycles. The molecule has 10 heterocycles. The quantitative estimate of drug-likeness (QED) is 0.0869. The van der Waals surface area contributed by atoms with Gasteiger partial charge in [-0.3, -0.25) is 0 Å². The van der Waals surface area contributed by atoms with Crippen LogP contribution in [-0.4, -0.2) is 39.9 Å². The van der Waals surface area contributed by atoms with E-state index in [1.54, 1.807) is 0 Å². The van der Waals surface area contributed by atoms with Gasteiger partial charge in [-0.15, -0.1) is 0 Å². The molecule has 76 heavy (non-hydrogen) atoms. The van der Waals surface area contributed by atoms with Crippen LogP contribution in [0.4, 0.5) is 0 Å². The number of hydrogen-bond donors (Lipinski definition) is 4. The van der Waals surface area contributed by atoms with E-state index >= 15 is 0 Å². The molecule has 4 aliphatic heterocycles. The van der Waals surface area contributed by atoms with E-state index in [1.807, 2.05) is 0 Å². The van der Waals surface area contributed by atoms with Crippen LogP contribution in [0.5, 0.6) is 0 Å². The largest absolute Gasteiger partial charge is 0.355 e. The molecule has 0 spiro atoms. The first-order chi connectivity index (χ1) is 37.0. The van der Waals surface area contributed by atoms with E-state index in [-0.39, 0.29) is 0 Å². The van der Waals surface area contributed by atoms with Gasteiger partial charge < -0.3 is 19.9 Å². The SMILES string of the molecule is CCCCC1=C(C)c2cc3[nH]c(cc4nc(cc5[nH]c(cc1n2)c(CC)c5CC)C(CCCC)=C4C)c1cc2c4cc5nc(cc6[nH]c(cc7nc(cc([nH]4)c2cc31)C(CC)=C7CC)c(CC)c6CC)C(CC)=C5CC. The van der Waals surface area contributed by atoms with Crippen molar-refractivity contribution < 1.29 is 0 Å². The number of aryl methyl sites for hydroxylation is 4. The van der Waals surface area contributed by atoms with Crippen molar-refractivity contribution >= 4 is 110 Å². The Hall–Kier alpha value is -7.06. The van der Waals surface area contributed by atoms with Gasteiger partial charge in [0.25, 0.3) is 0 Å². The van der Waals surface area contributed by atoms with Crippen LogP contribution in [0.2, 0.25) is 0 Å². The number of allylic oxidation sites excluding steroid dienone is 8. The second-order valence-electron chi connectivity index (χ2n) is 21.5. The molecular weight excluding hydrogens is 929 g/mol. The predicted molar refractivity (Wildman–Crippen MR) is 327 cm³/mol. The van der Waals surface area contributed by atoms with E-state index in [0.29, 0.717) is 0 Å². The van der Waals surface area contributed by atoms with E-state index < -0.39 is 0 Å². The van der Waals surface area contributed by atoms with Gasteiger partial charge in [-0.2, -0.15) is 0 Å². The number of nitrogens with zero attached hydrogens (tertiary/aromatic N) is 4. The molecule has 1 aromatic carbocycles. The zero-order chi connectivity index (χ0) is 53.1. The van der Waals surface area contributed by atoms with Crippen LogP contribution in [0.25, 0.3) is 110 Å². The van der Waals surface area contributed by atoms with E-state index in [9.17, 15) is 0 Å². The zero-order valence-electron chi connectivity index (χ0n) is 47.5. The smallest absolute Gasteiger partial charge is 0.0693 e. The highest BCUT2D eigenvalue weighted by molar-refractivity contribution is 6.20. The molecule has 8 nitrogen and oxygen atoms in total. The van der Waals surface area contributed by atoms with Crippen molar-refractivity contribution in [3.63, 3.8) is 0 Å². The Morgan fingerprint density at radius 3 is 0.776 bits per heavy atom. The first-order valence-electron chi connectivity index (χ1n) is 29.2. The average molecular weight is 1010 g/mol. The van der Waals surface area contributed by atoms with Gasteiger partial charge in [-0.25, -0.2) is 19.9 Å². The average Bonchev–Trinajstić information content (AvgIpc) is 4.34. The van der Waals surface area contributed by atoms with Gasteiger partial charge in [0.2, 0.25) is 0 Å². The second kappa shape index (κ2) is 20.8. The molecule has 0 unspecified atom stereocenters. The van der Waals surface area contributed by atoms with Crippen LogP contribution in [-0.2, 0) is 25.7 Å². The van der Waals surface area contributed by atoms with Crippen molar-refractivity contribution in [2.45, 2.75) is 173 Å². The van der Waals surface area contributed by atoms with Crippen LogP contribution >= 0.6 is 0 Å². The molecule has 11 rings (SSSR count). The van der Waals surface area contributed by atoms with Crippen LogP contribution in [0, 0.1) is 0 Å². The van der Waals surface area contributed by atoms with E-state index in [0.717, 1.165) is 201 Å². The Balaban J connectivity index is 1.31. The molecular formula is C68H78N8. The van der Waals surface area contributed by atoms with Crippen molar-refractivity contribution in [1.82, 2.24) is 39.9 Å². The Morgan fingerprint density at radius 2 is 0.513 bits per heavy atom. The number of rotatable bonds is 14. The minimum Gasteiger partial charge on any atom is -0.355 e. The summed E-state index contributed by atoms with van der Waals surface area (Å²) < 4.78 is 0. The maximum Gasteiger partial charge on any atom is 0.0693 e. The van der Waals surface area contributed by atoms with Crippen molar-refractivity contribution in [3.05, 3.63) is 128 Å². The fourth-order valence-corrected chi connectivity index (χ4v) is 13.3. The first-order valence-corrected chi connectivity index (χ1v) is 29.2. The molecule has 0 radical (unpaired) electrons. The standard InChI is InChI=1S/C68H78N8/c1-13-23-25-47-37(11)53-29-65-49-27-51-52(28-50(49)66(75-65)30-54-38(12)48(26-24-14-2)64(70-54)34-60-44(20-8)43(19-7)59(74-60)33-63(47)69-53)68-36-62-46(22-10)42(18-6)58(73-62)32-56-40(16-4)39(15-3)55(71-56)31-57-41(17-5)45(21-9)61(72-57)35-67(51)76-68/h27-36,71,74-76H,13-26H2,1-12H3. The number of fused-ring (bicyclic) bond motifs is 22. The summed E-state index contributed by atoms with van der Waals surface area (Å²) in [6.07, 6.45) is 13.8. The lowest BCUT2D eigenvalue weighted by atomic mass is 9.98. The summed E-state index contributed by atoms with van der Waals surface area (Å²) >= 11 is 0. The Kier molecular flexibility index (Phi) is 14.0. The molecule has 0 saturated carbocycles. The van der Waals surface area contributed by atoms with Crippen LogP contribution in [0.3, 0.4) is 0 Å². The lowest BCUT2D eigenvalue weighted by Crippen LogP contribution is -1.88. The summed E-state index contributed by atoms with van der Waals surface area (Å²) in [6.45, 7) is 27.4. The minimum atomic E-state index is 0.892. The molecule has 8 heteroatoms. The fourth-order valence-electron chi connectivity index (χ4n) is 13.3. The molecule has 0 aliphatic carbocycles. The summed E-state index contributed by atoms with van der Waals surface area (Å²) in [6, 6.07) is 23.5.